The van der Waals surface area contributed by atoms with Crippen LogP contribution in [0.4, 0.5) is 0 Å². The van der Waals surface area contributed by atoms with Crippen LogP contribution in [0.25, 0.3) is 0 Å². The van der Waals surface area contributed by atoms with E-state index in [0.29, 0.717) is 12.4 Å². The van der Waals surface area contributed by atoms with E-state index in [0.717, 1.165) is 19.4 Å². The average Bonchev–Trinajstić information content (AvgIpc) is 2.87. The minimum absolute atomic E-state index is 0.00676. The summed E-state index contributed by atoms with van der Waals surface area (Å²) in [6, 6.07) is -0.0538. The predicted octanol–water partition coefficient (Wildman–Crippen LogP) is -0.562. The van der Waals surface area contributed by atoms with Crippen LogP contribution in [-0.4, -0.2) is 28.6 Å². The van der Waals surface area contributed by atoms with Gasteiger partial charge in [-0.3, -0.25) is 4.79 Å². The molecule has 1 aliphatic heterocycles. The maximum atomic E-state index is 11.5. The van der Waals surface area contributed by atoms with Crippen LogP contribution < -0.4 is 10.6 Å². The second-order valence-electron chi connectivity index (χ2n) is 3.21. The van der Waals surface area contributed by atoms with Crippen LogP contribution in [0.2, 0.25) is 0 Å². The highest BCUT2D eigenvalue weighted by Crippen LogP contribution is 2.04. The number of hydrogen-bond acceptors (Lipinski definition) is 5. The van der Waals surface area contributed by atoms with Crippen molar-refractivity contribution in [1.82, 2.24) is 20.8 Å². The maximum Gasteiger partial charge on any atom is 0.237 e. The number of nitrogens with zero attached hydrogens (tertiary/aromatic N) is 2. The van der Waals surface area contributed by atoms with E-state index in [1.54, 1.807) is 0 Å². The van der Waals surface area contributed by atoms with Gasteiger partial charge in [0.15, 0.2) is 5.82 Å². The van der Waals surface area contributed by atoms with Gasteiger partial charge in [-0.1, -0.05) is 5.16 Å². The zero-order valence-electron chi connectivity index (χ0n) is 7.69. The van der Waals surface area contributed by atoms with Gasteiger partial charge in [-0.25, -0.2) is 0 Å². The van der Waals surface area contributed by atoms with Crippen molar-refractivity contribution >= 4 is 5.91 Å². The Balaban J connectivity index is 1.77. The summed E-state index contributed by atoms with van der Waals surface area (Å²) in [5, 5.41) is 9.44. The monoisotopic (exact) mass is 196 g/mol. The molecule has 0 saturated carbocycles. The van der Waals surface area contributed by atoms with Crippen molar-refractivity contribution in [2.75, 3.05) is 6.54 Å². The SMILES string of the molecule is O=C(NCc1ncon1)[C@@H]1CCCN1. The molecular formula is C8H12N4O2. The highest BCUT2D eigenvalue weighted by molar-refractivity contribution is 5.81. The lowest BCUT2D eigenvalue weighted by atomic mass is 10.2. The van der Waals surface area contributed by atoms with E-state index in [4.69, 9.17) is 0 Å². The molecule has 2 rings (SSSR count). The van der Waals surface area contributed by atoms with Crippen molar-refractivity contribution in [3.8, 4) is 0 Å². The normalized spacial score (nSPS) is 21.0. The minimum atomic E-state index is -0.0538. The molecule has 0 bridgehead atoms. The van der Waals surface area contributed by atoms with Crippen LogP contribution in [0.15, 0.2) is 10.9 Å². The van der Waals surface area contributed by atoms with Crippen molar-refractivity contribution in [3.63, 3.8) is 0 Å². The van der Waals surface area contributed by atoms with Gasteiger partial charge in [0.05, 0.1) is 12.6 Å². The summed E-state index contributed by atoms with van der Waals surface area (Å²) in [6.45, 7) is 1.24. The quantitative estimate of drug-likeness (QED) is 0.677. The second-order valence-corrected chi connectivity index (χ2v) is 3.21. The fourth-order valence-corrected chi connectivity index (χ4v) is 1.47. The van der Waals surface area contributed by atoms with Gasteiger partial charge in [0.2, 0.25) is 12.3 Å². The maximum absolute atomic E-state index is 11.5. The van der Waals surface area contributed by atoms with Crippen LogP contribution in [-0.2, 0) is 11.3 Å². The van der Waals surface area contributed by atoms with E-state index in [1.165, 1.54) is 6.39 Å². The Kier molecular flexibility index (Phi) is 2.73. The fourth-order valence-electron chi connectivity index (χ4n) is 1.47. The Hall–Kier alpha value is -1.43. The van der Waals surface area contributed by atoms with Gasteiger partial charge >= 0.3 is 0 Å². The van der Waals surface area contributed by atoms with Crippen LogP contribution >= 0.6 is 0 Å². The van der Waals surface area contributed by atoms with Crippen LogP contribution in [0, 0.1) is 0 Å². The smallest absolute Gasteiger partial charge is 0.237 e. The lowest BCUT2D eigenvalue weighted by Crippen LogP contribution is -2.40. The summed E-state index contributed by atoms with van der Waals surface area (Å²) in [5.74, 6) is 0.503. The number of carbonyl (C=O) groups excluding carboxylic acids is 1. The molecule has 0 radical (unpaired) electrons. The van der Waals surface area contributed by atoms with Crippen molar-refractivity contribution in [1.29, 1.82) is 0 Å². The summed E-state index contributed by atoms with van der Waals surface area (Å²) in [7, 11) is 0. The van der Waals surface area contributed by atoms with E-state index < -0.39 is 0 Å². The molecule has 1 fully saturated rings. The van der Waals surface area contributed by atoms with Gasteiger partial charge in [-0.05, 0) is 19.4 Å². The van der Waals surface area contributed by atoms with Crippen LogP contribution in [0.1, 0.15) is 18.7 Å². The molecule has 6 heteroatoms. The first-order valence-corrected chi connectivity index (χ1v) is 4.62. The van der Waals surface area contributed by atoms with Gasteiger partial charge in [0.25, 0.3) is 0 Å². The first-order chi connectivity index (χ1) is 6.86. The molecule has 1 saturated heterocycles. The molecule has 2 N–H and O–H groups in total. The summed E-state index contributed by atoms with van der Waals surface area (Å²) in [6.07, 6.45) is 3.20. The number of amides is 1. The fraction of sp³-hybridized carbons (Fsp3) is 0.625. The largest absolute Gasteiger partial charge is 0.347 e. The molecule has 6 nitrogen and oxygen atoms in total. The molecular weight excluding hydrogens is 184 g/mol. The number of carbonyl (C=O) groups is 1. The predicted molar refractivity (Wildman–Crippen MR) is 47.2 cm³/mol. The van der Waals surface area contributed by atoms with Crippen molar-refractivity contribution in [3.05, 3.63) is 12.2 Å². The summed E-state index contributed by atoms with van der Waals surface area (Å²) < 4.78 is 4.54. The van der Waals surface area contributed by atoms with Gasteiger partial charge in [0.1, 0.15) is 0 Å². The molecule has 1 amide bonds. The Morgan fingerprint density at radius 2 is 2.71 bits per heavy atom. The molecule has 1 aliphatic rings. The standard InChI is InChI=1S/C8H12N4O2/c13-8(6-2-1-3-9-6)10-4-7-11-5-14-12-7/h5-6,9H,1-4H2,(H,10,13)/t6-/m0/s1. The van der Waals surface area contributed by atoms with Crippen LogP contribution in [0.5, 0.6) is 0 Å². The molecule has 76 valence electrons. The highest BCUT2D eigenvalue weighted by atomic mass is 16.5. The second kappa shape index (κ2) is 4.19. The highest BCUT2D eigenvalue weighted by Gasteiger charge is 2.21. The topological polar surface area (TPSA) is 80.1 Å². The first kappa shape index (κ1) is 9.14. The molecule has 0 aliphatic carbocycles. The summed E-state index contributed by atoms with van der Waals surface area (Å²) in [4.78, 5) is 15.3. The lowest BCUT2D eigenvalue weighted by molar-refractivity contribution is -0.123. The van der Waals surface area contributed by atoms with Crippen LogP contribution in [0.3, 0.4) is 0 Å². The Labute approximate surface area is 81.1 Å². The number of aromatic nitrogens is 2. The molecule has 14 heavy (non-hydrogen) atoms. The third-order valence-electron chi connectivity index (χ3n) is 2.20. The van der Waals surface area contributed by atoms with Gasteiger partial charge in [-0.15, -0.1) is 0 Å². The van der Waals surface area contributed by atoms with E-state index >= 15 is 0 Å². The van der Waals surface area contributed by atoms with E-state index in [-0.39, 0.29) is 11.9 Å². The summed E-state index contributed by atoms with van der Waals surface area (Å²) in [5.41, 5.74) is 0. The van der Waals surface area contributed by atoms with Gasteiger partial charge in [0, 0.05) is 0 Å². The molecule has 0 aromatic carbocycles. The van der Waals surface area contributed by atoms with E-state index in [1.807, 2.05) is 0 Å². The minimum Gasteiger partial charge on any atom is -0.347 e. The molecule has 0 spiro atoms. The van der Waals surface area contributed by atoms with Crippen molar-refractivity contribution in [2.24, 2.45) is 0 Å². The Bertz CT molecular complexity index is 292. The number of rotatable bonds is 3. The zero-order chi connectivity index (χ0) is 9.80. The lowest BCUT2D eigenvalue weighted by Gasteiger charge is -2.08. The molecule has 1 aromatic rings. The van der Waals surface area contributed by atoms with Crippen molar-refractivity contribution < 1.29 is 9.32 Å². The molecule has 2 heterocycles. The number of nitrogens with one attached hydrogen (secondary N) is 2. The molecule has 1 atom stereocenters. The summed E-state index contributed by atoms with van der Waals surface area (Å²) >= 11 is 0. The van der Waals surface area contributed by atoms with E-state index in [9.17, 15) is 4.79 Å². The molecule has 1 aromatic heterocycles. The Morgan fingerprint density at radius 3 is 3.36 bits per heavy atom. The van der Waals surface area contributed by atoms with Gasteiger partial charge in [-0.2, -0.15) is 4.98 Å². The third kappa shape index (κ3) is 2.08. The first-order valence-electron chi connectivity index (χ1n) is 4.62. The average molecular weight is 196 g/mol. The Morgan fingerprint density at radius 1 is 1.79 bits per heavy atom. The van der Waals surface area contributed by atoms with Crippen molar-refractivity contribution in [2.45, 2.75) is 25.4 Å². The zero-order valence-corrected chi connectivity index (χ0v) is 7.69. The third-order valence-corrected chi connectivity index (χ3v) is 2.20. The molecule has 0 unspecified atom stereocenters. The number of hydrogen-bond donors (Lipinski definition) is 2. The van der Waals surface area contributed by atoms with E-state index in [2.05, 4.69) is 25.3 Å². The van der Waals surface area contributed by atoms with Gasteiger partial charge < -0.3 is 15.2 Å².